The summed E-state index contributed by atoms with van der Waals surface area (Å²) in [6.07, 6.45) is 1.39. The molecular weight excluding hydrogens is 266 g/mol. The van der Waals surface area contributed by atoms with Crippen molar-refractivity contribution in [3.63, 3.8) is 0 Å². The number of carbonyl (C=O) groups excluding carboxylic acids is 1. The molecule has 0 aromatic heterocycles. The Balaban J connectivity index is 2.52. The smallest absolute Gasteiger partial charge is 0.315 e. The number of likely N-dealkylation sites (N-methyl/N-ethyl adjacent to an activating group) is 1. The topological polar surface area (TPSA) is 64.6 Å². The molecule has 118 valence electrons. The monoisotopic (exact) mass is 293 g/mol. The summed E-state index contributed by atoms with van der Waals surface area (Å²) >= 11 is 0. The van der Waals surface area contributed by atoms with Crippen LogP contribution in [0.1, 0.15) is 31.4 Å². The van der Waals surface area contributed by atoms with Crippen LogP contribution in [0.2, 0.25) is 0 Å². The molecule has 1 aromatic carbocycles. The van der Waals surface area contributed by atoms with Crippen LogP contribution in [0.3, 0.4) is 0 Å². The average molecular weight is 293 g/mol. The fraction of sp³-hybridized carbons (Fsp3) is 0.562. The molecule has 0 bridgehead atoms. The summed E-state index contributed by atoms with van der Waals surface area (Å²) < 4.78 is 0. The van der Waals surface area contributed by atoms with E-state index in [9.17, 15) is 4.79 Å². The number of nitrogens with zero attached hydrogens (tertiary/aromatic N) is 1. The van der Waals surface area contributed by atoms with Gasteiger partial charge >= 0.3 is 6.03 Å². The summed E-state index contributed by atoms with van der Waals surface area (Å²) in [5, 5.41) is 14.7. The first-order chi connectivity index (χ1) is 10.1. The van der Waals surface area contributed by atoms with Gasteiger partial charge in [0.05, 0.1) is 6.04 Å². The van der Waals surface area contributed by atoms with Gasteiger partial charge in [-0.25, -0.2) is 4.79 Å². The predicted octanol–water partition coefficient (Wildman–Crippen LogP) is 1.75. The summed E-state index contributed by atoms with van der Waals surface area (Å²) in [5.74, 6) is 0. The third-order valence-corrected chi connectivity index (χ3v) is 3.57. The van der Waals surface area contributed by atoms with E-state index in [0.717, 1.165) is 6.42 Å². The number of hydrogen-bond acceptors (Lipinski definition) is 3. The van der Waals surface area contributed by atoms with Gasteiger partial charge in [-0.3, -0.25) is 0 Å². The van der Waals surface area contributed by atoms with Crippen LogP contribution in [0.5, 0.6) is 0 Å². The zero-order valence-electron chi connectivity index (χ0n) is 13.2. The molecule has 5 heteroatoms. The van der Waals surface area contributed by atoms with Crippen molar-refractivity contribution in [1.29, 1.82) is 0 Å². The normalized spacial score (nSPS) is 13.8. The highest BCUT2D eigenvalue weighted by molar-refractivity contribution is 5.74. The third kappa shape index (κ3) is 6.14. The van der Waals surface area contributed by atoms with Gasteiger partial charge in [0.15, 0.2) is 0 Å². The number of carbonyl (C=O) groups is 1. The lowest BCUT2D eigenvalue weighted by Gasteiger charge is -2.25. The van der Waals surface area contributed by atoms with E-state index in [-0.39, 0.29) is 24.7 Å². The average Bonchev–Trinajstić information content (AvgIpc) is 2.47. The van der Waals surface area contributed by atoms with Crippen molar-refractivity contribution < 1.29 is 9.90 Å². The van der Waals surface area contributed by atoms with Crippen LogP contribution < -0.4 is 10.6 Å². The second kappa shape index (κ2) is 9.37. The van der Waals surface area contributed by atoms with Crippen molar-refractivity contribution in [3.8, 4) is 0 Å². The molecule has 0 fully saturated rings. The number of nitrogens with one attached hydrogen (secondary N) is 2. The van der Waals surface area contributed by atoms with Crippen LogP contribution >= 0.6 is 0 Å². The number of aliphatic hydroxyl groups excluding tert-OH is 1. The van der Waals surface area contributed by atoms with E-state index in [0.29, 0.717) is 13.0 Å². The number of urea groups is 1. The van der Waals surface area contributed by atoms with Crippen LogP contribution in [0.15, 0.2) is 30.3 Å². The second-order valence-corrected chi connectivity index (χ2v) is 5.36. The molecule has 2 amide bonds. The molecule has 1 rings (SSSR count). The van der Waals surface area contributed by atoms with Crippen LogP contribution in [0, 0.1) is 0 Å². The van der Waals surface area contributed by atoms with Gasteiger partial charge in [0.25, 0.3) is 0 Å². The molecule has 0 saturated heterocycles. The van der Waals surface area contributed by atoms with Gasteiger partial charge in [0, 0.05) is 19.2 Å². The van der Waals surface area contributed by atoms with Gasteiger partial charge in [0.2, 0.25) is 0 Å². The van der Waals surface area contributed by atoms with Crippen LogP contribution in [-0.2, 0) is 0 Å². The molecule has 0 radical (unpaired) electrons. The number of hydrogen-bond donors (Lipinski definition) is 3. The highest BCUT2D eigenvalue weighted by atomic mass is 16.3. The molecule has 3 N–H and O–H groups in total. The highest BCUT2D eigenvalue weighted by Gasteiger charge is 2.16. The van der Waals surface area contributed by atoms with E-state index in [2.05, 4.69) is 27.7 Å². The molecule has 0 saturated carbocycles. The van der Waals surface area contributed by atoms with Crippen molar-refractivity contribution in [2.24, 2.45) is 0 Å². The molecule has 0 aliphatic carbocycles. The predicted molar refractivity (Wildman–Crippen MR) is 85.2 cm³/mol. The van der Waals surface area contributed by atoms with Crippen LogP contribution in [-0.4, -0.2) is 49.3 Å². The standard InChI is InChI=1S/C16H27N3O2/c1-4-14(10-11-20)18-16(21)17-12-15(19(2)3)13-8-6-5-7-9-13/h5-9,14-15,20H,4,10-12H2,1-3H3,(H2,17,18,21). The Hall–Kier alpha value is -1.59. The SMILES string of the molecule is CCC(CCO)NC(=O)NCC(c1ccccc1)N(C)C. The Labute approximate surface area is 127 Å². The van der Waals surface area contributed by atoms with Gasteiger partial charge in [-0.2, -0.15) is 0 Å². The molecular formula is C16H27N3O2. The molecule has 0 aliphatic heterocycles. The first kappa shape index (κ1) is 17.5. The Morgan fingerprint density at radius 1 is 1.29 bits per heavy atom. The van der Waals surface area contributed by atoms with Gasteiger partial charge in [-0.1, -0.05) is 37.3 Å². The fourth-order valence-electron chi connectivity index (χ4n) is 2.23. The Bertz CT molecular complexity index is 409. The van der Waals surface area contributed by atoms with E-state index in [1.165, 1.54) is 5.56 Å². The van der Waals surface area contributed by atoms with E-state index < -0.39 is 0 Å². The number of benzene rings is 1. The molecule has 1 aromatic rings. The second-order valence-electron chi connectivity index (χ2n) is 5.36. The van der Waals surface area contributed by atoms with Crippen molar-refractivity contribution >= 4 is 6.03 Å². The van der Waals surface area contributed by atoms with Gasteiger partial charge < -0.3 is 20.6 Å². The van der Waals surface area contributed by atoms with Crippen molar-refractivity contribution in [2.75, 3.05) is 27.2 Å². The van der Waals surface area contributed by atoms with E-state index in [1.54, 1.807) is 0 Å². The zero-order chi connectivity index (χ0) is 15.7. The van der Waals surface area contributed by atoms with Crippen molar-refractivity contribution in [1.82, 2.24) is 15.5 Å². The summed E-state index contributed by atoms with van der Waals surface area (Å²) in [4.78, 5) is 14.0. The molecule has 0 heterocycles. The number of rotatable bonds is 8. The minimum atomic E-state index is -0.182. The molecule has 0 spiro atoms. The largest absolute Gasteiger partial charge is 0.396 e. The summed E-state index contributed by atoms with van der Waals surface area (Å²) in [7, 11) is 4.00. The molecule has 2 atom stereocenters. The van der Waals surface area contributed by atoms with Gasteiger partial charge in [-0.15, -0.1) is 0 Å². The summed E-state index contributed by atoms with van der Waals surface area (Å²) in [6, 6.07) is 10.1. The van der Waals surface area contributed by atoms with Gasteiger partial charge in [-0.05, 0) is 32.5 Å². The highest BCUT2D eigenvalue weighted by Crippen LogP contribution is 2.16. The maximum absolute atomic E-state index is 11.9. The lowest BCUT2D eigenvalue weighted by atomic mass is 10.1. The molecule has 2 unspecified atom stereocenters. The lowest BCUT2D eigenvalue weighted by Crippen LogP contribution is -2.44. The van der Waals surface area contributed by atoms with Crippen molar-refractivity contribution in [2.45, 2.75) is 31.8 Å². The third-order valence-electron chi connectivity index (χ3n) is 3.57. The number of aliphatic hydroxyl groups is 1. The Kier molecular flexibility index (Phi) is 7.79. The van der Waals surface area contributed by atoms with Gasteiger partial charge in [0.1, 0.15) is 0 Å². The number of amides is 2. The Morgan fingerprint density at radius 2 is 1.95 bits per heavy atom. The van der Waals surface area contributed by atoms with E-state index >= 15 is 0 Å². The molecule has 5 nitrogen and oxygen atoms in total. The maximum Gasteiger partial charge on any atom is 0.315 e. The van der Waals surface area contributed by atoms with E-state index in [4.69, 9.17) is 5.11 Å². The maximum atomic E-state index is 11.9. The van der Waals surface area contributed by atoms with Crippen LogP contribution in [0.25, 0.3) is 0 Å². The fourth-order valence-corrected chi connectivity index (χ4v) is 2.23. The first-order valence-electron chi connectivity index (χ1n) is 7.45. The lowest BCUT2D eigenvalue weighted by molar-refractivity contribution is 0.222. The van der Waals surface area contributed by atoms with Crippen molar-refractivity contribution in [3.05, 3.63) is 35.9 Å². The minimum absolute atomic E-state index is 0.0181. The zero-order valence-corrected chi connectivity index (χ0v) is 13.2. The quantitative estimate of drug-likeness (QED) is 0.684. The summed E-state index contributed by atoms with van der Waals surface area (Å²) in [5.41, 5.74) is 1.17. The minimum Gasteiger partial charge on any atom is -0.396 e. The Morgan fingerprint density at radius 3 is 2.48 bits per heavy atom. The van der Waals surface area contributed by atoms with Crippen LogP contribution in [0.4, 0.5) is 4.79 Å². The summed E-state index contributed by atoms with van der Waals surface area (Å²) in [6.45, 7) is 2.62. The van der Waals surface area contributed by atoms with E-state index in [1.807, 2.05) is 39.2 Å². The molecule has 0 aliphatic rings. The molecule has 21 heavy (non-hydrogen) atoms. The first-order valence-corrected chi connectivity index (χ1v) is 7.45.